The van der Waals surface area contributed by atoms with E-state index in [0.29, 0.717) is 29.4 Å². The average Bonchev–Trinajstić information content (AvgIpc) is 2.44. The van der Waals surface area contributed by atoms with Crippen molar-refractivity contribution in [2.24, 2.45) is 4.99 Å². The summed E-state index contributed by atoms with van der Waals surface area (Å²) in [5.41, 5.74) is 0.792. The normalized spacial score (nSPS) is 10.4. The zero-order chi connectivity index (χ0) is 15.1. The van der Waals surface area contributed by atoms with Crippen LogP contribution in [0.1, 0.15) is 17.3 Å². The summed E-state index contributed by atoms with van der Waals surface area (Å²) in [7, 11) is 6.52. The Hall–Kier alpha value is -2.24. The summed E-state index contributed by atoms with van der Waals surface area (Å²) in [6, 6.07) is 3.23. The first-order valence-corrected chi connectivity index (χ1v) is 6.17. The fourth-order valence-corrected chi connectivity index (χ4v) is 1.53. The number of nitrogens with zero attached hydrogens (tertiary/aromatic N) is 2. The molecule has 0 saturated carbocycles. The maximum absolute atomic E-state index is 11.8. The monoisotopic (exact) mass is 280 g/mol. The van der Waals surface area contributed by atoms with Crippen LogP contribution < -0.4 is 9.47 Å². The minimum absolute atomic E-state index is 0.325. The van der Waals surface area contributed by atoms with Crippen LogP contribution in [0.15, 0.2) is 17.1 Å². The molecule has 0 atom stereocenters. The van der Waals surface area contributed by atoms with E-state index in [4.69, 9.17) is 14.2 Å². The van der Waals surface area contributed by atoms with Crippen molar-refractivity contribution in [1.29, 1.82) is 0 Å². The van der Waals surface area contributed by atoms with Crippen molar-refractivity contribution in [3.8, 4) is 11.5 Å². The molecule has 0 saturated heterocycles. The number of rotatable bonds is 6. The molecule has 20 heavy (non-hydrogen) atoms. The minimum atomic E-state index is -0.475. The topological polar surface area (TPSA) is 60.4 Å². The second kappa shape index (κ2) is 7.37. The Morgan fingerprint density at radius 3 is 2.50 bits per heavy atom. The number of ether oxygens (including phenoxy) is 3. The van der Waals surface area contributed by atoms with Gasteiger partial charge in [-0.3, -0.25) is 0 Å². The van der Waals surface area contributed by atoms with E-state index >= 15 is 0 Å². The van der Waals surface area contributed by atoms with E-state index in [1.165, 1.54) is 14.2 Å². The van der Waals surface area contributed by atoms with Gasteiger partial charge in [-0.05, 0) is 6.92 Å². The maximum Gasteiger partial charge on any atom is 0.340 e. The van der Waals surface area contributed by atoms with Crippen molar-refractivity contribution in [2.45, 2.75) is 6.92 Å². The third kappa shape index (κ3) is 3.88. The van der Waals surface area contributed by atoms with Crippen molar-refractivity contribution < 1.29 is 19.0 Å². The summed E-state index contributed by atoms with van der Waals surface area (Å²) in [5, 5.41) is 0. The molecule has 6 heteroatoms. The molecule has 0 aromatic heterocycles. The molecule has 1 aromatic rings. The molecule has 0 amide bonds. The highest BCUT2D eigenvalue weighted by Crippen LogP contribution is 2.35. The summed E-state index contributed by atoms with van der Waals surface area (Å²) in [6.45, 7) is 2.36. The summed E-state index contributed by atoms with van der Waals surface area (Å²) < 4.78 is 15.5. The van der Waals surface area contributed by atoms with Gasteiger partial charge in [-0.1, -0.05) is 0 Å². The summed E-state index contributed by atoms with van der Waals surface area (Å²) in [5.74, 6) is 0.530. The van der Waals surface area contributed by atoms with Crippen LogP contribution in [-0.2, 0) is 4.74 Å². The zero-order valence-electron chi connectivity index (χ0n) is 12.5. The van der Waals surface area contributed by atoms with Gasteiger partial charge in [0, 0.05) is 26.2 Å². The number of carbonyl (C=O) groups is 1. The second-order valence-electron chi connectivity index (χ2n) is 4.15. The number of methoxy groups -OCH3 is 2. The highest BCUT2D eigenvalue weighted by Gasteiger charge is 2.17. The molecule has 0 aliphatic carbocycles. The highest BCUT2D eigenvalue weighted by atomic mass is 16.5. The molecule has 0 heterocycles. The number of carbonyl (C=O) groups excluding carboxylic acids is 1. The van der Waals surface area contributed by atoms with Gasteiger partial charge in [0.15, 0.2) is 11.5 Å². The molecule has 0 spiro atoms. The largest absolute Gasteiger partial charge is 0.493 e. The molecule has 6 nitrogen and oxygen atoms in total. The van der Waals surface area contributed by atoms with Crippen LogP contribution in [-0.4, -0.2) is 52.1 Å². The van der Waals surface area contributed by atoms with Crippen molar-refractivity contribution >= 4 is 18.0 Å². The van der Waals surface area contributed by atoms with Crippen molar-refractivity contribution in [3.05, 3.63) is 17.7 Å². The first kappa shape index (κ1) is 15.8. The third-order valence-corrected chi connectivity index (χ3v) is 2.41. The van der Waals surface area contributed by atoms with E-state index in [1.54, 1.807) is 23.4 Å². The van der Waals surface area contributed by atoms with Crippen LogP contribution in [0.3, 0.4) is 0 Å². The Morgan fingerprint density at radius 1 is 1.30 bits per heavy atom. The van der Waals surface area contributed by atoms with Crippen LogP contribution in [0.4, 0.5) is 5.69 Å². The Kier molecular flexibility index (Phi) is 5.83. The SMILES string of the molecule is CCOc1cc(N=CN(C)C)c(C(=O)OC)cc1OC. The number of benzene rings is 1. The van der Waals surface area contributed by atoms with Gasteiger partial charge in [-0.25, -0.2) is 9.79 Å². The van der Waals surface area contributed by atoms with Crippen LogP contribution in [0.5, 0.6) is 11.5 Å². The Balaban J connectivity index is 3.35. The molecule has 110 valence electrons. The number of esters is 1. The fraction of sp³-hybridized carbons (Fsp3) is 0.429. The van der Waals surface area contributed by atoms with E-state index in [9.17, 15) is 4.79 Å². The van der Waals surface area contributed by atoms with Gasteiger partial charge in [0.25, 0.3) is 0 Å². The van der Waals surface area contributed by atoms with Crippen LogP contribution in [0, 0.1) is 0 Å². The molecular formula is C14H20N2O4. The van der Waals surface area contributed by atoms with Gasteiger partial charge in [0.05, 0.1) is 38.4 Å². The van der Waals surface area contributed by atoms with Gasteiger partial charge in [0.2, 0.25) is 0 Å². The molecule has 0 aliphatic rings. The van der Waals surface area contributed by atoms with E-state index in [1.807, 2.05) is 21.0 Å². The zero-order valence-corrected chi connectivity index (χ0v) is 12.5. The van der Waals surface area contributed by atoms with Crippen LogP contribution in [0.2, 0.25) is 0 Å². The van der Waals surface area contributed by atoms with Gasteiger partial charge in [-0.2, -0.15) is 0 Å². The minimum Gasteiger partial charge on any atom is -0.493 e. The highest BCUT2D eigenvalue weighted by molar-refractivity contribution is 5.96. The van der Waals surface area contributed by atoms with Gasteiger partial charge in [0.1, 0.15) is 0 Å². The predicted octanol–water partition coefficient (Wildman–Crippen LogP) is 2.10. The quantitative estimate of drug-likeness (QED) is 0.454. The molecule has 0 N–H and O–H groups in total. The van der Waals surface area contributed by atoms with E-state index < -0.39 is 5.97 Å². The molecule has 0 fully saturated rings. The van der Waals surface area contributed by atoms with Gasteiger partial charge < -0.3 is 19.1 Å². The standard InChI is InChI=1S/C14H20N2O4/c1-6-20-13-8-11(15-9-16(2)3)10(14(17)19-5)7-12(13)18-4/h7-9H,6H2,1-5H3. The fourth-order valence-electron chi connectivity index (χ4n) is 1.53. The average molecular weight is 280 g/mol. The van der Waals surface area contributed by atoms with Crippen molar-refractivity contribution in [3.63, 3.8) is 0 Å². The third-order valence-electron chi connectivity index (χ3n) is 2.41. The van der Waals surface area contributed by atoms with E-state index in [2.05, 4.69) is 4.99 Å². The molecule has 0 aliphatic heterocycles. The molecule has 1 aromatic carbocycles. The van der Waals surface area contributed by atoms with Crippen LogP contribution >= 0.6 is 0 Å². The lowest BCUT2D eigenvalue weighted by Gasteiger charge is -2.13. The smallest absolute Gasteiger partial charge is 0.340 e. The van der Waals surface area contributed by atoms with Crippen LogP contribution in [0.25, 0.3) is 0 Å². The van der Waals surface area contributed by atoms with Crippen molar-refractivity contribution in [2.75, 3.05) is 34.9 Å². The van der Waals surface area contributed by atoms with Crippen molar-refractivity contribution in [1.82, 2.24) is 4.90 Å². The maximum atomic E-state index is 11.8. The lowest BCUT2D eigenvalue weighted by atomic mass is 10.1. The molecule has 0 bridgehead atoms. The number of aliphatic imine (C=N–C) groups is 1. The first-order chi connectivity index (χ1) is 9.53. The number of hydrogen-bond acceptors (Lipinski definition) is 5. The molecule has 1 rings (SSSR count). The van der Waals surface area contributed by atoms with E-state index in [-0.39, 0.29) is 0 Å². The number of hydrogen-bond donors (Lipinski definition) is 0. The Labute approximate surface area is 119 Å². The Bertz CT molecular complexity index is 498. The molecule has 0 unspecified atom stereocenters. The lowest BCUT2D eigenvalue weighted by Crippen LogP contribution is -2.08. The summed E-state index contributed by atoms with van der Waals surface area (Å²) in [4.78, 5) is 17.8. The molecule has 0 radical (unpaired) electrons. The second-order valence-corrected chi connectivity index (χ2v) is 4.15. The summed E-state index contributed by atoms with van der Waals surface area (Å²) in [6.07, 6.45) is 1.60. The molecular weight excluding hydrogens is 260 g/mol. The van der Waals surface area contributed by atoms with E-state index in [0.717, 1.165) is 0 Å². The van der Waals surface area contributed by atoms with Gasteiger partial charge >= 0.3 is 5.97 Å². The summed E-state index contributed by atoms with van der Waals surface area (Å²) >= 11 is 0. The van der Waals surface area contributed by atoms with Gasteiger partial charge in [-0.15, -0.1) is 0 Å². The predicted molar refractivity (Wildman–Crippen MR) is 77.3 cm³/mol. The lowest BCUT2D eigenvalue weighted by molar-refractivity contribution is 0.0601. The first-order valence-electron chi connectivity index (χ1n) is 6.17. The Morgan fingerprint density at radius 2 is 2.00 bits per heavy atom.